The van der Waals surface area contributed by atoms with Crippen LogP contribution in [0.25, 0.3) is 0 Å². The predicted molar refractivity (Wildman–Crippen MR) is 55.2 cm³/mol. The van der Waals surface area contributed by atoms with Crippen LogP contribution in [-0.4, -0.2) is 22.8 Å². The molecule has 0 aliphatic heterocycles. The van der Waals surface area contributed by atoms with Crippen molar-refractivity contribution in [1.82, 2.24) is 10.2 Å². The maximum Gasteiger partial charge on any atom is 0.208 e. The molecular weight excluding hydrogens is 196 g/mol. The van der Waals surface area contributed by atoms with E-state index in [4.69, 9.17) is 5.26 Å². The molecule has 1 aromatic heterocycles. The van der Waals surface area contributed by atoms with Gasteiger partial charge in [-0.05, 0) is 19.8 Å². The number of aromatic nitrogens is 2. The van der Waals surface area contributed by atoms with Crippen LogP contribution < -0.4 is 4.90 Å². The summed E-state index contributed by atoms with van der Waals surface area (Å²) >= 11 is 1.61. The Labute approximate surface area is 87.2 Å². The van der Waals surface area contributed by atoms with E-state index in [-0.39, 0.29) is 0 Å². The third kappa shape index (κ3) is 2.02. The van der Waals surface area contributed by atoms with Crippen molar-refractivity contribution in [2.75, 3.05) is 11.4 Å². The van der Waals surface area contributed by atoms with Gasteiger partial charge >= 0.3 is 0 Å². The first-order valence-electron chi connectivity index (χ1n) is 4.75. The molecule has 4 nitrogen and oxygen atoms in total. The van der Waals surface area contributed by atoms with Gasteiger partial charge in [-0.1, -0.05) is 11.3 Å². The molecule has 0 aromatic carbocycles. The monoisotopic (exact) mass is 208 g/mol. The van der Waals surface area contributed by atoms with Crippen LogP contribution in [0.3, 0.4) is 0 Å². The van der Waals surface area contributed by atoms with E-state index in [0.717, 1.165) is 16.7 Å². The highest BCUT2D eigenvalue weighted by atomic mass is 32.1. The minimum absolute atomic E-state index is 0.565. The highest BCUT2D eigenvalue weighted by Gasteiger charge is 2.30. The van der Waals surface area contributed by atoms with E-state index in [0.29, 0.717) is 12.5 Å². The summed E-state index contributed by atoms with van der Waals surface area (Å²) in [7, 11) is 0. The summed E-state index contributed by atoms with van der Waals surface area (Å²) in [6.45, 7) is 2.74. The molecule has 1 aliphatic carbocycles. The largest absolute Gasteiger partial charge is 0.343 e. The topological polar surface area (TPSA) is 52.8 Å². The molecule has 0 saturated heterocycles. The summed E-state index contributed by atoms with van der Waals surface area (Å²) in [5, 5.41) is 18.6. The quantitative estimate of drug-likeness (QED) is 0.756. The van der Waals surface area contributed by atoms with Gasteiger partial charge in [0.15, 0.2) is 0 Å². The van der Waals surface area contributed by atoms with Crippen LogP contribution in [0.1, 0.15) is 24.3 Å². The van der Waals surface area contributed by atoms with Crippen molar-refractivity contribution < 1.29 is 0 Å². The second kappa shape index (κ2) is 3.93. The molecule has 1 aromatic rings. The first kappa shape index (κ1) is 9.41. The predicted octanol–water partition coefficient (Wildman–Crippen LogP) is 1.73. The SMILES string of the molecule is Cc1nnc(N(CCC#N)C2CC2)s1. The van der Waals surface area contributed by atoms with E-state index in [1.165, 1.54) is 12.8 Å². The summed E-state index contributed by atoms with van der Waals surface area (Å²) in [6, 6.07) is 2.78. The van der Waals surface area contributed by atoms with Crippen molar-refractivity contribution in [3.8, 4) is 6.07 Å². The van der Waals surface area contributed by atoms with E-state index in [1.54, 1.807) is 11.3 Å². The molecular formula is C9H12N4S. The Bertz CT molecular complexity index is 350. The summed E-state index contributed by atoms with van der Waals surface area (Å²) in [5.41, 5.74) is 0. The molecule has 2 rings (SSSR count). The average molecular weight is 208 g/mol. The molecule has 5 heteroatoms. The number of nitriles is 1. The third-order valence-corrected chi connectivity index (χ3v) is 3.09. The lowest BCUT2D eigenvalue weighted by Crippen LogP contribution is -2.26. The van der Waals surface area contributed by atoms with Gasteiger partial charge in [-0.2, -0.15) is 5.26 Å². The van der Waals surface area contributed by atoms with Gasteiger partial charge in [0.1, 0.15) is 5.01 Å². The summed E-state index contributed by atoms with van der Waals surface area (Å²) in [4.78, 5) is 2.22. The fraction of sp³-hybridized carbons (Fsp3) is 0.667. The Morgan fingerprint density at radius 2 is 2.36 bits per heavy atom. The first-order chi connectivity index (χ1) is 6.81. The van der Waals surface area contributed by atoms with Crippen LogP contribution in [-0.2, 0) is 0 Å². The second-order valence-corrected chi connectivity index (χ2v) is 4.60. The van der Waals surface area contributed by atoms with Gasteiger partial charge < -0.3 is 4.90 Å². The van der Waals surface area contributed by atoms with Gasteiger partial charge in [-0.3, -0.25) is 0 Å². The average Bonchev–Trinajstić information content (AvgIpc) is 2.91. The van der Waals surface area contributed by atoms with Crippen LogP contribution >= 0.6 is 11.3 Å². The van der Waals surface area contributed by atoms with Gasteiger partial charge in [-0.25, -0.2) is 0 Å². The maximum atomic E-state index is 8.56. The number of rotatable bonds is 4. The van der Waals surface area contributed by atoms with E-state index in [2.05, 4.69) is 21.2 Å². The van der Waals surface area contributed by atoms with Gasteiger partial charge in [-0.15, -0.1) is 10.2 Å². The Kier molecular flexibility index (Phi) is 2.64. The Morgan fingerprint density at radius 3 is 2.86 bits per heavy atom. The van der Waals surface area contributed by atoms with Crippen molar-refractivity contribution in [1.29, 1.82) is 5.26 Å². The standard InChI is InChI=1S/C9H12N4S/c1-7-11-12-9(14-7)13(6-2-5-10)8-3-4-8/h8H,2-4,6H2,1H3. The minimum Gasteiger partial charge on any atom is -0.343 e. The molecule has 0 bridgehead atoms. The number of hydrogen-bond acceptors (Lipinski definition) is 5. The molecule has 14 heavy (non-hydrogen) atoms. The van der Waals surface area contributed by atoms with Gasteiger partial charge in [0, 0.05) is 12.6 Å². The van der Waals surface area contributed by atoms with Crippen molar-refractivity contribution in [3.05, 3.63) is 5.01 Å². The molecule has 0 unspecified atom stereocenters. The molecule has 0 N–H and O–H groups in total. The number of nitrogens with zero attached hydrogens (tertiary/aromatic N) is 4. The zero-order valence-electron chi connectivity index (χ0n) is 8.10. The lowest BCUT2D eigenvalue weighted by atomic mass is 10.4. The van der Waals surface area contributed by atoms with Crippen LogP contribution in [0.2, 0.25) is 0 Å². The maximum absolute atomic E-state index is 8.56. The number of hydrogen-bond donors (Lipinski definition) is 0. The molecule has 0 radical (unpaired) electrons. The van der Waals surface area contributed by atoms with Crippen LogP contribution in [0, 0.1) is 18.3 Å². The molecule has 1 aliphatic rings. The number of aryl methyl sites for hydroxylation is 1. The summed E-state index contributed by atoms with van der Waals surface area (Å²) < 4.78 is 0. The van der Waals surface area contributed by atoms with E-state index < -0.39 is 0 Å². The second-order valence-electron chi connectivity index (χ2n) is 3.44. The lowest BCUT2D eigenvalue weighted by Gasteiger charge is -2.18. The Hall–Kier alpha value is -1.15. The van der Waals surface area contributed by atoms with Crippen LogP contribution in [0.15, 0.2) is 0 Å². The van der Waals surface area contributed by atoms with Gasteiger partial charge in [0.05, 0.1) is 12.5 Å². The number of anilines is 1. The highest BCUT2D eigenvalue weighted by molar-refractivity contribution is 7.15. The first-order valence-corrected chi connectivity index (χ1v) is 5.56. The molecule has 1 heterocycles. The molecule has 0 spiro atoms. The van der Waals surface area contributed by atoms with Crippen molar-refractivity contribution in [2.45, 2.75) is 32.2 Å². The summed E-state index contributed by atoms with van der Waals surface area (Å²) in [5.74, 6) is 0. The van der Waals surface area contributed by atoms with Crippen molar-refractivity contribution in [3.63, 3.8) is 0 Å². The molecule has 74 valence electrons. The molecule has 1 saturated carbocycles. The smallest absolute Gasteiger partial charge is 0.208 e. The zero-order valence-corrected chi connectivity index (χ0v) is 8.92. The highest BCUT2D eigenvalue weighted by Crippen LogP contribution is 2.33. The Balaban J connectivity index is 2.06. The van der Waals surface area contributed by atoms with Gasteiger partial charge in [0.2, 0.25) is 5.13 Å². The molecule has 1 fully saturated rings. The fourth-order valence-electron chi connectivity index (χ4n) is 1.39. The van der Waals surface area contributed by atoms with E-state index in [1.807, 2.05) is 6.92 Å². The lowest BCUT2D eigenvalue weighted by molar-refractivity contribution is 0.779. The normalized spacial score (nSPS) is 15.1. The minimum atomic E-state index is 0.565. The van der Waals surface area contributed by atoms with Crippen molar-refractivity contribution >= 4 is 16.5 Å². The molecule has 0 atom stereocenters. The zero-order chi connectivity index (χ0) is 9.97. The van der Waals surface area contributed by atoms with E-state index >= 15 is 0 Å². The van der Waals surface area contributed by atoms with Gasteiger partial charge in [0.25, 0.3) is 0 Å². The van der Waals surface area contributed by atoms with Crippen LogP contribution in [0.5, 0.6) is 0 Å². The Morgan fingerprint density at radius 1 is 1.57 bits per heavy atom. The third-order valence-electron chi connectivity index (χ3n) is 2.21. The van der Waals surface area contributed by atoms with Crippen molar-refractivity contribution in [2.24, 2.45) is 0 Å². The van der Waals surface area contributed by atoms with E-state index in [9.17, 15) is 0 Å². The fourth-order valence-corrected chi connectivity index (χ4v) is 2.18. The summed E-state index contributed by atoms with van der Waals surface area (Å²) in [6.07, 6.45) is 3.02. The molecule has 0 amide bonds. The van der Waals surface area contributed by atoms with Crippen LogP contribution in [0.4, 0.5) is 5.13 Å².